The lowest BCUT2D eigenvalue weighted by atomic mass is 9.91. The van der Waals surface area contributed by atoms with Gasteiger partial charge in [0.2, 0.25) is 0 Å². The zero-order valence-electron chi connectivity index (χ0n) is 12.9. The summed E-state index contributed by atoms with van der Waals surface area (Å²) in [6.45, 7) is 2.91. The first-order valence-corrected chi connectivity index (χ1v) is 8.19. The molecule has 1 aliphatic carbocycles. The number of fused-ring (bicyclic) bond motifs is 1. The van der Waals surface area contributed by atoms with E-state index in [1.165, 1.54) is 54.4 Å². The van der Waals surface area contributed by atoms with Gasteiger partial charge in [0.05, 0.1) is 0 Å². The van der Waals surface area contributed by atoms with Gasteiger partial charge in [0.1, 0.15) is 12.4 Å². The van der Waals surface area contributed by atoms with Gasteiger partial charge in [-0.2, -0.15) is 0 Å². The van der Waals surface area contributed by atoms with Crippen molar-refractivity contribution in [2.45, 2.75) is 52.1 Å². The molecule has 2 aromatic carbocycles. The third-order valence-electron chi connectivity index (χ3n) is 4.37. The highest BCUT2D eigenvalue weighted by atomic mass is 16.5. The zero-order chi connectivity index (χ0) is 14.5. The fourth-order valence-electron chi connectivity index (χ4n) is 3.25. The summed E-state index contributed by atoms with van der Waals surface area (Å²) >= 11 is 0. The van der Waals surface area contributed by atoms with Crippen molar-refractivity contribution in [3.63, 3.8) is 0 Å². The maximum Gasteiger partial charge on any atom is 0.123 e. The van der Waals surface area contributed by atoms with E-state index >= 15 is 0 Å². The molecule has 2 aromatic rings. The molecule has 0 N–H and O–H groups in total. The van der Waals surface area contributed by atoms with E-state index in [1.807, 2.05) is 0 Å². The summed E-state index contributed by atoms with van der Waals surface area (Å²) in [5.41, 5.74) is 5.68. The van der Waals surface area contributed by atoms with Crippen LogP contribution in [-0.4, -0.2) is 0 Å². The Morgan fingerprint density at radius 2 is 1.71 bits per heavy atom. The molecule has 1 nitrogen and oxygen atoms in total. The number of benzene rings is 2. The summed E-state index contributed by atoms with van der Waals surface area (Å²) in [6.07, 6.45) is 7.29. The average molecular weight is 280 g/mol. The third-order valence-corrected chi connectivity index (χ3v) is 4.37. The van der Waals surface area contributed by atoms with E-state index in [0.29, 0.717) is 6.61 Å². The van der Waals surface area contributed by atoms with Gasteiger partial charge in [-0.1, -0.05) is 49.7 Å². The molecule has 110 valence electrons. The number of hydrogen-bond acceptors (Lipinski definition) is 1. The van der Waals surface area contributed by atoms with Crippen molar-refractivity contribution in [1.29, 1.82) is 0 Å². The smallest absolute Gasteiger partial charge is 0.123 e. The van der Waals surface area contributed by atoms with Crippen molar-refractivity contribution in [3.05, 3.63) is 64.7 Å². The predicted molar refractivity (Wildman–Crippen MR) is 87.9 cm³/mol. The standard InChI is InChI=1S/C20H24O/c1-2-8-16-9-3-4-11-18(16)15-21-20-14-7-12-17-10-5-6-13-19(17)20/h3-4,7,9,11-12,14H,2,5-6,8,10,13,15H2,1H3. The Labute approximate surface area is 128 Å². The Morgan fingerprint density at radius 1 is 0.905 bits per heavy atom. The van der Waals surface area contributed by atoms with Crippen LogP contribution in [-0.2, 0) is 25.9 Å². The van der Waals surface area contributed by atoms with E-state index in [-0.39, 0.29) is 0 Å². The van der Waals surface area contributed by atoms with Crippen LogP contribution in [0.5, 0.6) is 5.75 Å². The molecule has 0 radical (unpaired) electrons. The fourth-order valence-corrected chi connectivity index (χ4v) is 3.25. The molecule has 0 aliphatic heterocycles. The monoisotopic (exact) mass is 280 g/mol. The van der Waals surface area contributed by atoms with Crippen molar-refractivity contribution >= 4 is 0 Å². The molecule has 0 amide bonds. The summed E-state index contributed by atoms with van der Waals surface area (Å²) in [5, 5.41) is 0. The highest BCUT2D eigenvalue weighted by Gasteiger charge is 2.14. The fraction of sp³-hybridized carbons (Fsp3) is 0.400. The second-order valence-electron chi connectivity index (χ2n) is 5.91. The van der Waals surface area contributed by atoms with Gasteiger partial charge < -0.3 is 4.74 Å². The van der Waals surface area contributed by atoms with Crippen LogP contribution in [0.1, 0.15) is 48.4 Å². The molecule has 0 saturated carbocycles. The van der Waals surface area contributed by atoms with Crippen LogP contribution in [0, 0.1) is 0 Å². The summed E-state index contributed by atoms with van der Waals surface area (Å²) in [5.74, 6) is 1.10. The Balaban J connectivity index is 1.76. The molecule has 0 atom stereocenters. The molecular weight excluding hydrogens is 256 g/mol. The van der Waals surface area contributed by atoms with Crippen LogP contribution < -0.4 is 4.74 Å². The van der Waals surface area contributed by atoms with Gasteiger partial charge >= 0.3 is 0 Å². The second kappa shape index (κ2) is 6.80. The minimum absolute atomic E-state index is 0.687. The molecule has 3 rings (SSSR count). The maximum absolute atomic E-state index is 6.18. The molecule has 21 heavy (non-hydrogen) atoms. The number of ether oxygens (including phenoxy) is 1. The van der Waals surface area contributed by atoms with E-state index in [1.54, 1.807) is 0 Å². The van der Waals surface area contributed by atoms with Gasteiger partial charge in [0, 0.05) is 0 Å². The van der Waals surface area contributed by atoms with E-state index in [9.17, 15) is 0 Å². The molecule has 0 fully saturated rings. The zero-order valence-corrected chi connectivity index (χ0v) is 12.9. The van der Waals surface area contributed by atoms with E-state index in [4.69, 9.17) is 4.74 Å². The van der Waals surface area contributed by atoms with Crippen molar-refractivity contribution < 1.29 is 4.74 Å². The molecular formula is C20H24O. The van der Waals surface area contributed by atoms with Crippen molar-refractivity contribution in [2.75, 3.05) is 0 Å². The molecule has 0 heterocycles. The number of aryl methyl sites for hydroxylation is 2. The van der Waals surface area contributed by atoms with Crippen LogP contribution in [0.3, 0.4) is 0 Å². The lowest BCUT2D eigenvalue weighted by Crippen LogP contribution is -2.07. The molecule has 0 bridgehead atoms. The van der Waals surface area contributed by atoms with Crippen LogP contribution in [0.2, 0.25) is 0 Å². The number of rotatable bonds is 5. The molecule has 0 unspecified atom stereocenters. The lowest BCUT2D eigenvalue weighted by Gasteiger charge is -2.20. The first-order valence-electron chi connectivity index (χ1n) is 8.19. The first-order chi connectivity index (χ1) is 10.4. The Kier molecular flexibility index (Phi) is 4.59. The van der Waals surface area contributed by atoms with E-state index < -0.39 is 0 Å². The highest BCUT2D eigenvalue weighted by Crippen LogP contribution is 2.30. The van der Waals surface area contributed by atoms with Crippen molar-refractivity contribution in [3.8, 4) is 5.75 Å². The Bertz CT molecular complexity index is 601. The predicted octanol–water partition coefficient (Wildman–Crippen LogP) is 5.10. The largest absolute Gasteiger partial charge is 0.489 e. The van der Waals surface area contributed by atoms with Gasteiger partial charge in [-0.05, 0) is 60.4 Å². The first kappa shape index (κ1) is 14.2. The third kappa shape index (κ3) is 3.29. The van der Waals surface area contributed by atoms with Crippen LogP contribution >= 0.6 is 0 Å². The topological polar surface area (TPSA) is 9.23 Å². The normalized spacial score (nSPS) is 13.8. The number of hydrogen-bond donors (Lipinski definition) is 0. The van der Waals surface area contributed by atoms with E-state index in [0.717, 1.165) is 12.2 Å². The minimum Gasteiger partial charge on any atom is -0.489 e. The highest BCUT2D eigenvalue weighted by molar-refractivity contribution is 5.42. The second-order valence-corrected chi connectivity index (χ2v) is 5.91. The lowest BCUT2D eigenvalue weighted by molar-refractivity contribution is 0.300. The summed E-state index contributed by atoms with van der Waals surface area (Å²) in [4.78, 5) is 0. The van der Waals surface area contributed by atoms with Crippen LogP contribution in [0.4, 0.5) is 0 Å². The molecule has 1 heteroatoms. The maximum atomic E-state index is 6.18. The van der Waals surface area contributed by atoms with Gasteiger partial charge in [0.15, 0.2) is 0 Å². The quantitative estimate of drug-likeness (QED) is 0.740. The van der Waals surface area contributed by atoms with Gasteiger partial charge in [-0.25, -0.2) is 0 Å². The van der Waals surface area contributed by atoms with Crippen LogP contribution in [0.25, 0.3) is 0 Å². The molecule has 0 spiro atoms. The van der Waals surface area contributed by atoms with Gasteiger partial charge in [0.25, 0.3) is 0 Å². The van der Waals surface area contributed by atoms with E-state index in [2.05, 4.69) is 49.4 Å². The van der Waals surface area contributed by atoms with Crippen molar-refractivity contribution in [2.24, 2.45) is 0 Å². The Morgan fingerprint density at radius 3 is 2.57 bits per heavy atom. The Hall–Kier alpha value is -1.76. The SMILES string of the molecule is CCCc1ccccc1COc1cccc2c1CCCC2. The van der Waals surface area contributed by atoms with Crippen LogP contribution in [0.15, 0.2) is 42.5 Å². The molecule has 0 aromatic heterocycles. The van der Waals surface area contributed by atoms with Gasteiger partial charge in [-0.3, -0.25) is 0 Å². The van der Waals surface area contributed by atoms with Crippen molar-refractivity contribution in [1.82, 2.24) is 0 Å². The summed E-state index contributed by atoms with van der Waals surface area (Å²) in [7, 11) is 0. The molecule has 0 saturated heterocycles. The minimum atomic E-state index is 0.687. The summed E-state index contributed by atoms with van der Waals surface area (Å²) < 4.78 is 6.18. The summed E-state index contributed by atoms with van der Waals surface area (Å²) in [6, 6.07) is 15.2. The average Bonchev–Trinajstić information content (AvgIpc) is 2.54. The van der Waals surface area contributed by atoms with Gasteiger partial charge in [-0.15, -0.1) is 0 Å². The molecule has 1 aliphatic rings.